The lowest BCUT2D eigenvalue weighted by molar-refractivity contribution is 0.0835. The van der Waals surface area contributed by atoms with Gasteiger partial charge in [-0.2, -0.15) is 5.10 Å². The third kappa shape index (κ3) is 1.85. The van der Waals surface area contributed by atoms with Gasteiger partial charge in [-0.15, -0.1) is 0 Å². The fourth-order valence-electron chi connectivity index (χ4n) is 2.44. The smallest absolute Gasteiger partial charge is 0.154 e. The Bertz CT molecular complexity index is 371. The van der Waals surface area contributed by atoms with Gasteiger partial charge in [0.25, 0.3) is 0 Å². The molecule has 1 aromatic rings. The van der Waals surface area contributed by atoms with E-state index in [-0.39, 0.29) is 6.10 Å². The normalized spacial score (nSPS) is 26.7. The SMILES string of the molecule is OC1CCn2nc(C3CCOCC3)nc2C1. The molecule has 0 bridgehead atoms. The lowest BCUT2D eigenvalue weighted by Crippen LogP contribution is -2.23. The first-order valence-corrected chi connectivity index (χ1v) is 6.02. The Labute approximate surface area is 94.4 Å². The van der Waals surface area contributed by atoms with Gasteiger partial charge in [0.15, 0.2) is 5.82 Å². The lowest BCUT2D eigenvalue weighted by Gasteiger charge is -2.18. The van der Waals surface area contributed by atoms with Crippen LogP contribution in [0.1, 0.15) is 36.8 Å². The molecule has 1 fully saturated rings. The van der Waals surface area contributed by atoms with E-state index in [1.165, 1.54) is 0 Å². The van der Waals surface area contributed by atoms with E-state index in [9.17, 15) is 5.11 Å². The van der Waals surface area contributed by atoms with Crippen molar-refractivity contribution < 1.29 is 9.84 Å². The second kappa shape index (κ2) is 4.14. The molecule has 2 aliphatic heterocycles. The Hall–Kier alpha value is -0.940. The van der Waals surface area contributed by atoms with Crippen LogP contribution in [0.4, 0.5) is 0 Å². The quantitative estimate of drug-likeness (QED) is 0.752. The average Bonchev–Trinajstić information content (AvgIpc) is 2.73. The van der Waals surface area contributed by atoms with Gasteiger partial charge in [-0.25, -0.2) is 9.67 Å². The van der Waals surface area contributed by atoms with Crippen molar-refractivity contribution in [3.8, 4) is 0 Å². The molecule has 1 aromatic heterocycles. The van der Waals surface area contributed by atoms with Crippen molar-refractivity contribution in [2.45, 2.75) is 44.2 Å². The van der Waals surface area contributed by atoms with E-state index in [0.29, 0.717) is 12.3 Å². The molecule has 1 unspecified atom stereocenters. The minimum atomic E-state index is -0.237. The van der Waals surface area contributed by atoms with Crippen LogP contribution in [0.3, 0.4) is 0 Å². The topological polar surface area (TPSA) is 60.2 Å². The maximum Gasteiger partial charge on any atom is 0.154 e. The third-order valence-corrected chi connectivity index (χ3v) is 3.44. The number of hydrogen-bond donors (Lipinski definition) is 1. The van der Waals surface area contributed by atoms with Gasteiger partial charge in [-0.05, 0) is 19.3 Å². The molecule has 0 saturated carbocycles. The Kier molecular flexibility index (Phi) is 2.65. The van der Waals surface area contributed by atoms with Gasteiger partial charge in [0.2, 0.25) is 0 Å². The molecule has 0 aliphatic carbocycles. The minimum Gasteiger partial charge on any atom is -0.393 e. The molecule has 1 N–H and O–H groups in total. The summed E-state index contributed by atoms with van der Waals surface area (Å²) >= 11 is 0. The van der Waals surface area contributed by atoms with Crippen LogP contribution in [-0.2, 0) is 17.7 Å². The Morgan fingerprint density at radius 3 is 2.88 bits per heavy atom. The molecule has 0 spiro atoms. The van der Waals surface area contributed by atoms with Crippen molar-refractivity contribution in [3.05, 3.63) is 11.6 Å². The van der Waals surface area contributed by atoms with Gasteiger partial charge in [0, 0.05) is 32.1 Å². The molecule has 0 radical (unpaired) electrons. The molecule has 3 heterocycles. The van der Waals surface area contributed by atoms with E-state index >= 15 is 0 Å². The van der Waals surface area contributed by atoms with E-state index in [1.54, 1.807) is 0 Å². The Morgan fingerprint density at radius 1 is 1.25 bits per heavy atom. The molecule has 1 saturated heterocycles. The molecule has 16 heavy (non-hydrogen) atoms. The zero-order valence-corrected chi connectivity index (χ0v) is 9.30. The number of hydrogen-bond acceptors (Lipinski definition) is 4. The summed E-state index contributed by atoms with van der Waals surface area (Å²) in [6.45, 7) is 2.43. The van der Waals surface area contributed by atoms with Crippen molar-refractivity contribution in [3.63, 3.8) is 0 Å². The second-order valence-corrected chi connectivity index (χ2v) is 4.64. The Morgan fingerprint density at radius 2 is 2.06 bits per heavy atom. The molecule has 88 valence electrons. The van der Waals surface area contributed by atoms with Gasteiger partial charge in [0.05, 0.1) is 6.10 Å². The first-order chi connectivity index (χ1) is 7.83. The summed E-state index contributed by atoms with van der Waals surface area (Å²) in [6.07, 6.45) is 3.25. The van der Waals surface area contributed by atoms with Crippen molar-refractivity contribution in [1.82, 2.24) is 14.8 Å². The molecule has 5 heteroatoms. The van der Waals surface area contributed by atoms with Crippen molar-refractivity contribution >= 4 is 0 Å². The van der Waals surface area contributed by atoms with Crippen LogP contribution in [0.2, 0.25) is 0 Å². The number of aliphatic hydroxyl groups is 1. The number of nitrogens with zero attached hydrogens (tertiary/aromatic N) is 3. The van der Waals surface area contributed by atoms with Crippen LogP contribution < -0.4 is 0 Å². The summed E-state index contributed by atoms with van der Waals surface area (Å²) in [4.78, 5) is 4.56. The highest BCUT2D eigenvalue weighted by molar-refractivity contribution is 5.03. The number of aliphatic hydroxyl groups excluding tert-OH is 1. The van der Waals surface area contributed by atoms with E-state index in [1.807, 2.05) is 4.68 Å². The minimum absolute atomic E-state index is 0.237. The number of fused-ring (bicyclic) bond motifs is 1. The number of ether oxygens (including phenoxy) is 1. The van der Waals surface area contributed by atoms with Crippen LogP contribution in [0, 0.1) is 0 Å². The molecule has 3 rings (SSSR count). The van der Waals surface area contributed by atoms with Crippen LogP contribution >= 0.6 is 0 Å². The maximum atomic E-state index is 9.57. The fraction of sp³-hybridized carbons (Fsp3) is 0.818. The van der Waals surface area contributed by atoms with Gasteiger partial charge < -0.3 is 9.84 Å². The molecule has 2 aliphatic rings. The van der Waals surface area contributed by atoms with Gasteiger partial charge in [0.1, 0.15) is 5.82 Å². The molecule has 0 aromatic carbocycles. The van der Waals surface area contributed by atoms with Crippen LogP contribution in [0.15, 0.2) is 0 Å². The summed E-state index contributed by atoms with van der Waals surface area (Å²) < 4.78 is 7.29. The molecular formula is C11H17N3O2. The van der Waals surface area contributed by atoms with Crippen molar-refractivity contribution in [2.75, 3.05) is 13.2 Å². The van der Waals surface area contributed by atoms with Gasteiger partial charge in [-0.1, -0.05) is 0 Å². The average molecular weight is 223 g/mol. The molecule has 5 nitrogen and oxygen atoms in total. The Balaban J connectivity index is 1.80. The maximum absolute atomic E-state index is 9.57. The van der Waals surface area contributed by atoms with Crippen molar-refractivity contribution in [2.24, 2.45) is 0 Å². The van der Waals surface area contributed by atoms with E-state index in [4.69, 9.17) is 4.74 Å². The predicted molar refractivity (Wildman–Crippen MR) is 57.1 cm³/mol. The van der Waals surface area contributed by atoms with Gasteiger partial charge >= 0.3 is 0 Å². The number of aromatic nitrogens is 3. The summed E-state index contributed by atoms with van der Waals surface area (Å²) in [7, 11) is 0. The summed E-state index contributed by atoms with van der Waals surface area (Å²) in [5.41, 5.74) is 0. The molecule has 0 amide bonds. The zero-order valence-electron chi connectivity index (χ0n) is 9.30. The molecule has 1 atom stereocenters. The van der Waals surface area contributed by atoms with Crippen LogP contribution in [0.25, 0.3) is 0 Å². The first kappa shape index (κ1) is 10.2. The summed E-state index contributed by atoms with van der Waals surface area (Å²) in [5.74, 6) is 2.34. The van der Waals surface area contributed by atoms with Gasteiger partial charge in [-0.3, -0.25) is 0 Å². The lowest BCUT2D eigenvalue weighted by atomic mass is 10.00. The highest BCUT2D eigenvalue weighted by Crippen LogP contribution is 2.25. The largest absolute Gasteiger partial charge is 0.393 e. The van der Waals surface area contributed by atoms with Crippen LogP contribution in [-0.4, -0.2) is 39.2 Å². The highest BCUT2D eigenvalue weighted by atomic mass is 16.5. The van der Waals surface area contributed by atoms with Crippen molar-refractivity contribution in [1.29, 1.82) is 0 Å². The van der Waals surface area contributed by atoms with E-state index in [0.717, 1.165) is 50.7 Å². The monoisotopic (exact) mass is 223 g/mol. The zero-order chi connectivity index (χ0) is 11.0. The first-order valence-electron chi connectivity index (χ1n) is 6.02. The van der Waals surface area contributed by atoms with E-state index in [2.05, 4.69) is 10.1 Å². The second-order valence-electron chi connectivity index (χ2n) is 4.64. The third-order valence-electron chi connectivity index (χ3n) is 3.44. The van der Waals surface area contributed by atoms with Crippen LogP contribution in [0.5, 0.6) is 0 Å². The predicted octanol–water partition coefficient (Wildman–Crippen LogP) is 0.479. The van der Waals surface area contributed by atoms with E-state index < -0.39 is 0 Å². The fourth-order valence-corrected chi connectivity index (χ4v) is 2.44. The number of rotatable bonds is 1. The summed E-state index contributed by atoms with van der Waals surface area (Å²) in [5, 5.41) is 14.1. The standard InChI is InChI=1S/C11H17N3O2/c15-9-1-4-14-10(7-9)12-11(13-14)8-2-5-16-6-3-8/h8-9,15H,1-7H2. The number of aryl methyl sites for hydroxylation is 1. The highest BCUT2D eigenvalue weighted by Gasteiger charge is 2.25. The molecular weight excluding hydrogens is 206 g/mol. The summed E-state index contributed by atoms with van der Waals surface area (Å²) in [6, 6.07) is 0.